The van der Waals surface area contributed by atoms with E-state index in [-0.39, 0.29) is 22.1 Å². The van der Waals surface area contributed by atoms with E-state index in [4.69, 9.17) is 18.3 Å². The van der Waals surface area contributed by atoms with Crippen LogP contribution in [0.3, 0.4) is 0 Å². The summed E-state index contributed by atoms with van der Waals surface area (Å²) in [5.41, 5.74) is 1.35. The molecule has 0 saturated carbocycles. The molecule has 0 aromatic heterocycles. The highest BCUT2D eigenvalue weighted by Crippen LogP contribution is 2.42. The number of hydrogen-bond acceptors (Lipinski definition) is 5. The van der Waals surface area contributed by atoms with Gasteiger partial charge in [-0.15, -0.1) is 0 Å². The van der Waals surface area contributed by atoms with Gasteiger partial charge in [0.15, 0.2) is 22.9 Å². The average Bonchev–Trinajstić information content (AvgIpc) is 2.99. The molecule has 5 nitrogen and oxygen atoms in total. The number of ether oxygens (including phenoxy) is 2. The molecular weight excluding hydrogens is 472 g/mol. The highest BCUT2D eigenvalue weighted by molar-refractivity contribution is 6.75. The summed E-state index contributed by atoms with van der Waals surface area (Å²) in [5, 5.41) is 0.0197. The van der Waals surface area contributed by atoms with E-state index in [2.05, 4.69) is 79.6 Å². The predicted octanol–water partition coefficient (Wildman–Crippen LogP) is 6.77. The van der Waals surface area contributed by atoms with Gasteiger partial charge in [0.25, 0.3) is 0 Å². The SMILES string of the molecule is C/C(C#CC1=C[C@@H](O[Si](C)(C)C(C)(C)C)[C@H](O[Si](C)(C)C(C)(C)C)C1=O)=C/COC1CCCCO1. The van der Waals surface area contributed by atoms with E-state index in [1.165, 1.54) is 0 Å². The van der Waals surface area contributed by atoms with Crippen LogP contribution in [-0.2, 0) is 23.1 Å². The maximum absolute atomic E-state index is 13.5. The quantitative estimate of drug-likeness (QED) is 0.274. The fraction of sp³-hybridized carbons (Fsp3) is 0.750. The maximum atomic E-state index is 13.5. The fourth-order valence-electron chi connectivity index (χ4n) is 3.31. The van der Waals surface area contributed by atoms with Crippen molar-refractivity contribution in [2.24, 2.45) is 0 Å². The van der Waals surface area contributed by atoms with Gasteiger partial charge in [-0.2, -0.15) is 0 Å². The van der Waals surface area contributed by atoms with E-state index in [1.54, 1.807) is 0 Å². The molecule has 1 unspecified atom stereocenters. The van der Waals surface area contributed by atoms with E-state index in [1.807, 2.05) is 19.1 Å². The second kappa shape index (κ2) is 11.6. The zero-order chi connectivity index (χ0) is 26.7. The molecule has 0 bridgehead atoms. The zero-order valence-electron chi connectivity index (χ0n) is 24.0. The van der Waals surface area contributed by atoms with Crippen molar-refractivity contribution in [3.05, 3.63) is 23.3 Å². The van der Waals surface area contributed by atoms with E-state index < -0.39 is 28.8 Å². The van der Waals surface area contributed by atoms with Crippen molar-refractivity contribution in [1.82, 2.24) is 0 Å². The first kappa shape index (κ1) is 30.2. The van der Waals surface area contributed by atoms with Crippen LogP contribution in [0.4, 0.5) is 0 Å². The highest BCUT2D eigenvalue weighted by atomic mass is 28.4. The molecule has 7 heteroatoms. The number of ketones is 1. The first-order chi connectivity index (χ1) is 15.9. The molecule has 1 fully saturated rings. The highest BCUT2D eigenvalue weighted by Gasteiger charge is 2.48. The number of hydrogen-bond donors (Lipinski definition) is 0. The molecule has 1 saturated heterocycles. The Kier molecular flexibility index (Phi) is 9.99. The molecule has 0 aromatic rings. The third kappa shape index (κ3) is 8.24. The van der Waals surface area contributed by atoms with Crippen molar-refractivity contribution >= 4 is 22.4 Å². The van der Waals surface area contributed by atoms with Crippen LogP contribution in [0.15, 0.2) is 23.3 Å². The molecule has 1 heterocycles. The molecule has 198 valence electrons. The van der Waals surface area contributed by atoms with Crippen LogP contribution < -0.4 is 0 Å². The van der Waals surface area contributed by atoms with Crippen molar-refractivity contribution < 1.29 is 23.1 Å². The summed E-state index contributed by atoms with van der Waals surface area (Å²) in [5.74, 6) is 6.17. The minimum atomic E-state index is -2.19. The Morgan fingerprint density at radius 3 is 2.20 bits per heavy atom. The fourth-order valence-corrected chi connectivity index (χ4v) is 5.76. The second-order valence-corrected chi connectivity index (χ2v) is 22.4. The van der Waals surface area contributed by atoms with Gasteiger partial charge in [-0.1, -0.05) is 53.4 Å². The topological polar surface area (TPSA) is 54.0 Å². The summed E-state index contributed by atoms with van der Waals surface area (Å²) in [4.78, 5) is 13.5. The summed E-state index contributed by atoms with van der Waals surface area (Å²) in [6.07, 6.45) is 5.85. The van der Waals surface area contributed by atoms with Crippen LogP contribution in [0.5, 0.6) is 0 Å². The molecule has 2 aliphatic rings. The largest absolute Gasteiger partial charge is 0.407 e. The molecule has 1 aliphatic heterocycles. The zero-order valence-corrected chi connectivity index (χ0v) is 26.0. The van der Waals surface area contributed by atoms with Crippen LogP contribution in [0.2, 0.25) is 36.3 Å². The van der Waals surface area contributed by atoms with E-state index >= 15 is 0 Å². The normalized spacial score (nSPS) is 24.8. The molecule has 3 atom stereocenters. The summed E-state index contributed by atoms with van der Waals surface area (Å²) in [7, 11) is -4.31. The number of carbonyl (C=O) groups excluding carboxylic acids is 1. The van der Waals surface area contributed by atoms with Crippen LogP contribution >= 0.6 is 0 Å². The Labute approximate surface area is 216 Å². The third-order valence-corrected chi connectivity index (χ3v) is 16.8. The van der Waals surface area contributed by atoms with Gasteiger partial charge in [0, 0.05) is 6.61 Å². The molecular formula is C28H48O5Si2. The van der Waals surface area contributed by atoms with Gasteiger partial charge in [0.2, 0.25) is 5.78 Å². The lowest BCUT2D eigenvalue weighted by molar-refractivity contribution is -0.155. The van der Waals surface area contributed by atoms with Gasteiger partial charge in [-0.05, 0) is 80.2 Å². The molecule has 35 heavy (non-hydrogen) atoms. The molecule has 2 rings (SSSR count). The van der Waals surface area contributed by atoms with Gasteiger partial charge in [-0.25, -0.2) is 0 Å². The lowest BCUT2D eigenvalue weighted by Gasteiger charge is -2.42. The second-order valence-electron chi connectivity index (χ2n) is 12.9. The van der Waals surface area contributed by atoms with Crippen LogP contribution in [-0.4, -0.2) is 54.1 Å². The Balaban J connectivity index is 2.21. The third-order valence-electron chi connectivity index (χ3n) is 7.82. The van der Waals surface area contributed by atoms with E-state index in [0.717, 1.165) is 31.4 Å². The molecule has 0 radical (unpaired) electrons. The minimum Gasteiger partial charge on any atom is -0.407 e. The van der Waals surface area contributed by atoms with Crippen LogP contribution in [0.1, 0.15) is 67.7 Å². The first-order valence-corrected chi connectivity index (χ1v) is 18.8. The Bertz CT molecular complexity index is 872. The minimum absolute atomic E-state index is 0.00932. The van der Waals surface area contributed by atoms with Gasteiger partial charge in [0.1, 0.15) is 6.10 Å². The average molecular weight is 521 g/mol. The smallest absolute Gasteiger partial charge is 0.201 e. The summed E-state index contributed by atoms with van der Waals surface area (Å²) < 4.78 is 24.7. The van der Waals surface area contributed by atoms with Gasteiger partial charge >= 0.3 is 0 Å². The lowest BCUT2D eigenvalue weighted by Crippen LogP contribution is -2.52. The van der Waals surface area contributed by atoms with Crippen molar-refractivity contribution in [2.45, 2.75) is 122 Å². The number of carbonyl (C=O) groups is 1. The number of rotatable bonds is 7. The molecule has 0 amide bonds. The Morgan fingerprint density at radius 1 is 1.06 bits per heavy atom. The number of Topliss-reactive ketones (excluding diaryl/α,β-unsaturated/α-hetero) is 1. The first-order valence-electron chi connectivity index (χ1n) is 13.0. The Hall–Kier alpha value is -1.02. The van der Waals surface area contributed by atoms with Gasteiger partial charge < -0.3 is 18.3 Å². The number of allylic oxidation sites excluding steroid dienone is 1. The standard InChI is InChI=1S/C28H48O5Si2/c1-21(17-19-31-24-14-12-13-18-30-24)15-16-22-20-23(32-34(8,9)27(2,3)4)26(25(22)29)33-35(10,11)28(5,6)7/h17,20,23-24,26H,12-14,18-19H2,1-11H3/b21-17-/t23-,24?,26+/m1/s1. The predicted molar refractivity (Wildman–Crippen MR) is 148 cm³/mol. The van der Waals surface area contributed by atoms with E-state index in [0.29, 0.717) is 12.2 Å². The monoisotopic (exact) mass is 520 g/mol. The molecule has 0 N–H and O–H groups in total. The van der Waals surface area contributed by atoms with Crippen molar-refractivity contribution in [2.75, 3.05) is 13.2 Å². The van der Waals surface area contributed by atoms with Crippen molar-refractivity contribution in [1.29, 1.82) is 0 Å². The lowest BCUT2D eigenvalue weighted by atomic mass is 10.1. The molecule has 0 spiro atoms. The van der Waals surface area contributed by atoms with Crippen LogP contribution in [0, 0.1) is 11.8 Å². The van der Waals surface area contributed by atoms with Gasteiger partial charge in [0.05, 0.1) is 18.3 Å². The van der Waals surface area contributed by atoms with Gasteiger partial charge in [-0.3, -0.25) is 4.79 Å². The summed E-state index contributed by atoms with van der Waals surface area (Å²) >= 11 is 0. The van der Waals surface area contributed by atoms with Crippen molar-refractivity contribution in [3.63, 3.8) is 0 Å². The summed E-state index contributed by atoms with van der Waals surface area (Å²) in [6, 6.07) is 0. The van der Waals surface area contributed by atoms with Crippen LogP contribution in [0.25, 0.3) is 0 Å². The summed E-state index contributed by atoms with van der Waals surface area (Å²) in [6.45, 7) is 25.1. The van der Waals surface area contributed by atoms with Crippen molar-refractivity contribution in [3.8, 4) is 11.8 Å². The maximum Gasteiger partial charge on any atom is 0.201 e. The molecule has 1 aliphatic carbocycles. The Morgan fingerprint density at radius 2 is 1.66 bits per heavy atom. The van der Waals surface area contributed by atoms with E-state index in [9.17, 15) is 4.79 Å². The molecule has 0 aromatic carbocycles.